The lowest BCUT2D eigenvalue weighted by Gasteiger charge is -2.32. The number of carbonyl (C=O) groups excluding carboxylic acids is 4. The van der Waals surface area contributed by atoms with E-state index in [4.69, 9.17) is 9.47 Å². The van der Waals surface area contributed by atoms with Crippen molar-refractivity contribution < 1.29 is 38.9 Å². The fraction of sp³-hybridized carbons (Fsp3) is 0.667. The highest BCUT2D eigenvalue weighted by molar-refractivity contribution is 6.38. The van der Waals surface area contributed by atoms with Gasteiger partial charge in [-0.1, -0.05) is 43.7 Å². The van der Waals surface area contributed by atoms with E-state index in [0.29, 0.717) is 5.57 Å². The molecular formula is C30H45NO8. The Morgan fingerprint density at radius 2 is 1.85 bits per heavy atom. The van der Waals surface area contributed by atoms with E-state index in [1.54, 1.807) is 43.1 Å². The first-order valence-electron chi connectivity index (χ1n) is 13.9. The van der Waals surface area contributed by atoms with E-state index < -0.39 is 47.2 Å². The van der Waals surface area contributed by atoms with E-state index in [-0.39, 0.29) is 37.9 Å². The molecule has 1 saturated heterocycles. The highest BCUT2D eigenvalue weighted by Gasteiger charge is 2.36. The summed E-state index contributed by atoms with van der Waals surface area (Å²) in [6.45, 7) is 9.89. The van der Waals surface area contributed by atoms with Crippen molar-refractivity contribution in [2.75, 3.05) is 19.7 Å². The van der Waals surface area contributed by atoms with Crippen molar-refractivity contribution in [1.29, 1.82) is 0 Å². The zero-order chi connectivity index (χ0) is 29.2. The van der Waals surface area contributed by atoms with Gasteiger partial charge in [-0.05, 0) is 57.9 Å². The number of Topliss-reactive ketones (excluding diaryl/α,β-unsaturated/α-hetero) is 2. The Labute approximate surface area is 231 Å². The van der Waals surface area contributed by atoms with Crippen molar-refractivity contribution in [1.82, 2.24) is 4.90 Å². The van der Waals surface area contributed by atoms with Gasteiger partial charge in [0.25, 0.3) is 0 Å². The predicted molar refractivity (Wildman–Crippen MR) is 147 cm³/mol. The third kappa shape index (κ3) is 10.4. The largest absolute Gasteiger partial charge is 0.455 e. The summed E-state index contributed by atoms with van der Waals surface area (Å²) in [5, 5.41) is 21.3. The number of piperidine rings is 1. The summed E-state index contributed by atoms with van der Waals surface area (Å²) < 4.78 is 10.8. The van der Waals surface area contributed by atoms with Crippen molar-refractivity contribution in [2.24, 2.45) is 17.8 Å². The summed E-state index contributed by atoms with van der Waals surface area (Å²) >= 11 is 0. The number of ether oxygens (including phenoxy) is 2. The molecule has 39 heavy (non-hydrogen) atoms. The van der Waals surface area contributed by atoms with Crippen LogP contribution in [0.25, 0.3) is 0 Å². The quantitative estimate of drug-likeness (QED) is 0.221. The number of ketones is 2. The fourth-order valence-corrected chi connectivity index (χ4v) is 4.92. The minimum atomic E-state index is -1.47. The van der Waals surface area contributed by atoms with Crippen LogP contribution in [0.1, 0.15) is 73.1 Å². The lowest BCUT2D eigenvalue weighted by molar-refractivity contribution is -0.156. The maximum atomic E-state index is 13.2. The van der Waals surface area contributed by atoms with Gasteiger partial charge < -0.3 is 24.6 Å². The van der Waals surface area contributed by atoms with Crippen LogP contribution in [-0.2, 0) is 23.9 Å². The average molecular weight is 548 g/mol. The van der Waals surface area contributed by atoms with E-state index in [2.05, 4.69) is 0 Å². The lowest BCUT2D eigenvalue weighted by atomic mass is 9.79. The van der Waals surface area contributed by atoms with Crippen molar-refractivity contribution >= 4 is 23.6 Å². The Kier molecular flexibility index (Phi) is 12.6. The van der Waals surface area contributed by atoms with Crippen LogP contribution in [0.2, 0.25) is 0 Å². The molecule has 2 N–H and O–H groups in total. The number of aliphatic hydroxyl groups is 2. The molecule has 0 unspecified atom stereocenters. The zero-order valence-corrected chi connectivity index (χ0v) is 23.9. The second-order valence-electron chi connectivity index (χ2n) is 11.2. The maximum absolute atomic E-state index is 13.2. The standard InChI is InChI=1S/C30H45NO8/c1-20(19-38-29(36)31-16-7-6-8-17-31)10-9-11-21(2)27-22(3)12-13-26(39-23(4)32)30(5,37)15-14-24(33)18-25(34)28(27)35/h9-13,20,22,24,26-27,33,37H,6-8,14-19H2,1-5H3/b10-9+,13-12+,21-11+/t20-,22+,24+,26+,27-,30+/m1/s1. The number of nitrogens with zero attached hydrogens (tertiary/aromatic N) is 1. The van der Waals surface area contributed by atoms with Gasteiger partial charge in [-0.15, -0.1) is 0 Å². The Morgan fingerprint density at radius 1 is 1.18 bits per heavy atom. The normalized spacial score (nSPS) is 31.3. The van der Waals surface area contributed by atoms with Crippen LogP contribution in [0.4, 0.5) is 4.79 Å². The van der Waals surface area contributed by atoms with Gasteiger partial charge in [-0.25, -0.2) is 4.79 Å². The van der Waals surface area contributed by atoms with Gasteiger partial charge in [-0.3, -0.25) is 14.4 Å². The smallest absolute Gasteiger partial charge is 0.409 e. The van der Waals surface area contributed by atoms with E-state index in [1.165, 1.54) is 13.8 Å². The summed E-state index contributed by atoms with van der Waals surface area (Å²) in [5.74, 6) is -3.16. The van der Waals surface area contributed by atoms with Gasteiger partial charge in [0.05, 0.1) is 18.6 Å². The SMILES string of the molecule is CC(=O)O[C@H]1/C=C/[C@H](C)[C@@H](/C(C)=C/C=C/[C@@H](C)COC(=O)N2CCCCC2)C(=O)C(=O)C[C@@H](O)CC[C@]1(C)O. The Morgan fingerprint density at radius 3 is 2.49 bits per heavy atom. The lowest BCUT2D eigenvalue weighted by Crippen LogP contribution is -2.42. The van der Waals surface area contributed by atoms with E-state index in [1.807, 2.05) is 13.0 Å². The van der Waals surface area contributed by atoms with E-state index in [0.717, 1.165) is 32.4 Å². The number of carbonyl (C=O) groups is 4. The van der Waals surface area contributed by atoms with Gasteiger partial charge in [0, 0.05) is 32.4 Å². The molecule has 0 saturated carbocycles. The predicted octanol–water partition coefficient (Wildman–Crippen LogP) is 3.92. The molecule has 1 amide bonds. The second kappa shape index (κ2) is 15.1. The summed E-state index contributed by atoms with van der Waals surface area (Å²) in [6.07, 6.45) is 9.16. The molecule has 9 heteroatoms. The van der Waals surface area contributed by atoms with Crippen LogP contribution in [0.3, 0.4) is 0 Å². The first-order chi connectivity index (χ1) is 18.3. The Balaban J connectivity index is 2.18. The molecule has 0 aromatic carbocycles. The van der Waals surface area contributed by atoms with Gasteiger partial charge in [0.1, 0.15) is 11.7 Å². The summed E-state index contributed by atoms with van der Waals surface area (Å²) in [4.78, 5) is 51.6. The van der Waals surface area contributed by atoms with Gasteiger partial charge >= 0.3 is 12.1 Å². The van der Waals surface area contributed by atoms with Gasteiger partial charge in [0.2, 0.25) is 11.6 Å². The first kappa shape index (κ1) is 32.4. The number of likely N-dealkylation sites (tertiary alicyclic amines) is 1. The number of hydrogen-bond acceptors (Lipinski definition) is 8. The molecule has 2 aliphatic rings. The van der Waals surface area contributed by atoms with Crippen molar-refractivity contribution in [2.45, 2.75) is 91.0 Å². The van der Waals surface area contributed by atoms with Gasteiger partial charge in [-0.2, -0.15) is 0 Å². The molecule has 2 rings (SSSR count). The molecule has 0 bridgehead atoms. The summed E-state index contributed by atoms with van der Waals surface area (Å²) in [6, 6.07) is 0. The molecule has 1 heterocycles. The molecule has 1 fully saturated rings. The number of rotatable bonds is 6. The molecule has 6 atom stereocenters. The molecular weight excluding hydrogens is 502 g/mol. The van der Waals surface area contributed by atoms with Crippen LogP contribution in [0, 0.1) is 17.8 Å². The maximum Gasteiger partial charge on any atom is 0.409 e. The number of hydrogen-bond donors (Lipinski definition) is 2. The third-order valence-corrected chi connectivity index (χ3v) is 7.36. The summed E-state index contributed by atoms with van der Waals surface area (Å²) in [5.41, 5.74) is -0.826. The number of aliphatic hydroxyl groups excluding tert-OH is 1. The zero-order valence-electron chi connectivity index (χ0n) is 23.9. The first-order valence-corrected chi connectivity index (χ1v) is 13.9. The number of esters is 1. The van der Waals surface area contributed by atoms with E-state index >= 15 is 0 Å². The van der Waals surface area contributed by atoms with Crippen molar-refractivity contribution in [3.05, 3.63) is 36.0 Å². The van der Waals surface area contributed by atoms with Crippen LogP contribution >= 0.6 is 0 Å². The number of amides is 1. The average Bonchev–Trinajstić information content (AvgIpc) is 2.88. The number of allylic oxidation sites excluding steroid dienone is 4. The minimum absolute atomic E-state index is 0.0596. The molecule has 0 aromatic heterocycles. The molecule has 0 aromatic rings. The molecule has 9 nitrogen and oxygen atoms in total. The van der Waals surface area contributed by atoms with Crippen molar-refractivity contribution in [3.8, 4) is 0 Å². The van der Waals surface area contributed by atoms with E-state index in [9.17, 15) is 29.4 Å². The minimum Gasteiger partial charge on any atom is -0.455 e. The highest BCUT2D eigenvalue weighted by atomic mass is 16.6. The van der Waals surface area contributed by atoms with Gasteiger partial charge in [0.15, 0.2) is 0 Å². The van der Waals surface area contributed by atoms with Crippen LogP contribution in [-0.4, -0.2) is 76.2 Å². The highest BCUT2D eigenvalue weighted by Crippen LogP contribution is 2.29. The summed E-state index contributed by atoms with van der Waals surface area (Å²) in [7, 11) is 0. The topological polar surface area (TPSA) is 130 Å². The van der Waals surface area contributed by atoms with Crippen LogP contribution in [0.15, 0.2) is 36.0 Å². The third-order valence-electron chi connectivity index (χ3n) is 7.36. The van der Waals surface area contributed by atoms with Crippen molar-refractivity contribution in [3.63, 3.8) is 0 Å². The molecule has 0 radical (unpaired) electrons. The van der Waals surface area contributed by atoms with Crippen LogP contribution in [0.5, 0.6) is 0 Å². The monoisotopic (exact) mass is 547 g/mol. The molecule has 0 spiro atoms. The second-order valence-corrected chi connectivity index (χ2v) is 11.2. The Hall–Kier alpha value is -2.78. The molecule has 1 aliphatic heterocycles. The molecule has 218 valence electrons. The fourth-order valence-electron chi connectivity index (χ4n) is 4.92. The Bertz CT molecular complexity index is 960. The van der Waals surface area contributed by atoms with Crippen LogP contribution < -0.4 is 0 Å². The molecule has 1 aliphatic carbocycles.